The zero-order valence-corrected chi connectivity index (χ0v) is 23.2. The molecule has 0 aliphatic carbocycles. The number of fused-ring (bicyclic) bond motifs is 6. The van der Waals surface area contributed by atoms with Crippen molar-refractivity contribution in [3.8, 4) is 46.1 Å². The Morgan fingerprint density at radius 3 is 1.80 bits per heavy atom. The minimum Gasteiger partial charge on any atom is -0.456 e. The lowest BCUT2D eigenvalue weighted by atomic mass is 9.88. The second-order valence-electron chi connectivity index (χ2n) is 10.7. The lowest BCUT2D eigenvalue weighted by molar-refractivity contribution is 0.669. The Labute approximate surface area is 252 Å². The molecule has 0 bridgehead atoms. The highest BCUT2D eigenvalue weighted by Crippen LogP contribution is 2.43. The largest absolute Gasteiger partial charge is 0.456 e. The van der Waals surface area contributed by atoms with Crippen LogP contribution in [0.4, 0.5) is 0 Å². The van der Waals surface area contributed by atoms with Gasteiger partial charge in [0, 0.05) is 32.7 Å². The number of hydrogen-bond donors (Lipinski definition) is 0. The zero-order chi connectivity index (χ0) is 29.8. The lowest BCUT2D eigenvalue weighted by Gasteiger charge is -2.19. The Morgan fingerprint density at radius 1 is 0.500 bits per heavy atom. The van der Waals surface area contributed by atoms with Crippen molar-refractivity contribution in [1.29, 1.82) is 15.8 Å². The molecule has 0 N–H and O–H groups in total. The third kappa shape index (κ3) is 3.63. The van der Waals surface area contributed by atoms with Crippen molar-refractivity contribution < 1.29 is 4.42 Å². The molecular weight excluding hydrogens is 540 g/mol. The number of furan rings is 1. The first-order valence-corrected chi connectivity index (χ1v) is 14.1. The Bertz CT molecular complexity index is 2550. The van der Waals surface area contributed by atoms with E-state index in [1.165, 1.54) is 0 Å². The topological polar surface area (TPSA) is 89.4 Å². The molecule has 0 unspecified atom stereocenters. The molecule has 0 aliphatic rings. The molecule has 0 fully saturated rings. The first kappa shape index (κ1) is 25.1. The fourth-order valence-electron chi connectivity index (χ4n) is 6.44. The average Bonchev–Trinajstić information content (AvgIpc) is 3.62. The molecule has 0 amide bonds. The van der Waals surface area contributed by atoms with Gasteiger partial charge in [0.1, 0.15) is 17.2 Å². The molecular formula is C39H20N4O. The third-order valence-corrected chi connectivity index (χ3v) is 8.32. The number of hydrogen-bond acceptors (Lipinski definition) is 4. The van der Waals surface area contributed by atoms with Gasteiger partial charge in [-0.15, -0.1) is 0 Å². The smallest absolute Gasteiger partial charge is 0.135 e. The van der Waals surface area contributed by atoms with Gasteiger partial charge >= 0.3 is 0 Å². The van der Waals surface area contributed by atoms with Crippen LogP contribution in [0.25, 0.3) is 71.7 Å². The maximum absolute atomic E-state index is 10.4. The zero-order valence-electron chi connectivity index (χ0n) is 23.2. The van der Waals surface area contributed by atoms with Crippen LogP contribution in [0.1, 0.15) is 16.7 Å². The molecule has 44 heavy (non-hydrogen) atoms. The summed E-state index contributed by atoms with van der Waals surface area (Å²) >= 11 is 0. The number of aromatic nitrogens is 1. The van der Waals surface area contributed by atoms with Crippen LogP contribution in [-0.2, 0) is 0 Å². The molecule has 202 valence electrons. The summed E-state index contributed by atoms with van der Waals surface area (Å²) in [4.78, 5) is 0. The first-order chi connectivity index (χ1) is 21.7. The Balaban J connectivity index is 1.46. The highest BCUT2D eigenvalue weighted by molar-refractivity contribution is 6.11. The van der Waals surface area contributed by atoms with Gasteiger partial charge in [-0.2, -0.15) is 15.8 Å². The Hall–Kier alpha value is -6.61. The average molecular weight is 561 g/mol. The van der Waals surface area contributed by atoms with E-state index in [9.17, 15) is 15.8 Å². The van der Waals surface area contributed by atoms with Crippen LogP contribution >= 0.6 is 0 Å². The number of benzene rings is 6. The second-order valence-corrected chi connectivity index (χ2v) is 10.7. The minimum atomic E-state index is 0.517. The SMILES string of the molecule is N#Cc1ccc2oc3ccc(-c4c(C#N)cccc4-c4cccc(C#N)c4-n4c5ccccc5c5ccccc54)cc3c2c1. The van der Waals surface area contributed by atoms with Crippen LogP contribution in [-0.4, -0.2) is 4.57 Å². The van der Waals surface area contributed by atoms with Crippen molar-refractivity contribution in [2.45, 2.75) is 0 Å². The first-order valence-electron chi connectivity index (χ1n) is 14.1. The Kier molecular flexibility index (Phi) is 5.56. The van der Waals surface area contributed by atoms with Gasteiger partial charge in [0.2, 0.25) is 0 Å². The Morgan fingerprint density at radius 2 is 1.11 bits per heavy atom. The summed E-state index contributed by atoms with van der Waals surface area (Å²) in [6.07, 6.45) is 0. The highest BCUT2D eigenvalue weighted by Gasteiger charge is 2.22. The van der Waals surface area contributed by atoms with Gasteiger partial charge in [-0.3, -0.25) is 0 Å². The van der Waals surface area contributed by atoms with Gasteiger partial charge in [-0.05, 0) is 65.7 Å². The van der Waals surface area contributed by atoms with Crippen molar-refractivity contribution in [2.24, 2.45) is 0 Å². The van der Waals surface area contributed by atoms with Crippen LogP contribution in [0.3, 0.4) is 0 Å². The van der Waals surface area contributed by atoms with Crippen LogP contribution in [0.15, 0.2) is 126 Å². The predicted molar refractivity (Wildman–Crippen MR) is 173 cm³/mol. The van der Waals surface area contributed by atoms with Gasteiger partial charge in [-0.25, -0.2) is 0 Å². The maximum atomic E-state index is 10.4. The number of para-hydroxylation sites is 3. The van der Waals surface area contributed by atoms with Crippen molar-refractivity contribution in [3.05, 3.63) is 138 Å². The summed E-state index contributed by atoms with van der Waals surface area (Å²) in [5.74, 6) is 0. The molecule has 2 aromatic heterocycles. The summed E-state index contributed by atoms with van der Waals surface area (Å²) < 4.78 is 8.24. The van der Waals surface area contributed by atoms with Crippen LogP contribution in [0, 0.1) is 34.0 Å². The quantitative estimate of drug-likeness (QED) is 0.215. The number of rotatable bonds is 3. The van der Waals surface area contributed by atoms with E-state index >= 15 is 0 Å². The second kappa shape index (κ2) is 9.74. The normalized spacial score (nSPS) is 11.1. The maximum Gasteiger partial charge on any atom is 0.135 e. The fourth-order valence-corrected chi connectivity index (χ4v) is 6.44. The van der Waals surface area contributed by atoms with Gasteiger partial charge in [-0.1, -0.05) is 66.7 Å². The van der Waals surface area contributed by atoms with Crippen LogP contribution in [0.5, 0.6) is 0 Å². The molecule has 0 spiro atoms. The van der Waals surface area contributed by atoms with E-state index in [-0.39, 0.29) is 0 Å². The lowest BCUT2D eigenvalue weighted by Crippen LogP contribution is -2.02. The van der Waals surface area contributed by atoms with Crippen molar-refractivity contribution in [3.63, 3.8) is 0 Å². The van der Waals surface area contributed by atoms with E-state index < -0.39 is 0 Å². The van der Waals surface area contributed by atoms with Crippen molar-refractivity contribution >= 4 is 43.7 Å². The molecule has 0 saturated carbocycles. The molecule has 0 atom stereocenters. The standard InChI is InChI=1S/C39H20N4O/c40-21-24-15-17-36-32(19-24)33-20-25(16-18-37(33)44-36)38-26(22-41)7-5-11-30(38)31-12-6-8-27(23-42)39(31)43-34-13-3-1-9-28(34)29-10-2-4-14-35(29)43/h1-20H. The van der Waals surface area contributed by atoms with E-state index in [2.05, 4.69) is 47.0 Å². The molecule has 8 aromatic rings. The predicted octanol–water partition coefficient (Wildman–Crippen LogP) is 9.63. The molecule has 0 aliphatic heterocycles. The summed E-state index contributed by atoms with van der Waals surface area (Å²) in [5.41, 5.74) is 9.02. The van der Waals surface area contributed by atoms with E-state index in [4.69, 9.17) is 4.42 Å². The van der Waals surface area contributed by atoms with Gasteiger partial charge in [0.25, 0.3) is 0 Å². The number of nitriles is 3. The molecule has 5 heteroatoms. The molecule has 6 aromatic carbocycles. The third-order valence-electron chi connectivity index (χ3n) is 8.32. The summed E-state index contributed by atoms with van der Waals surface area (Å²) in [5, 5.41) is 34.2. The molecule has 0 radical (unpaired) electrons. The molecule has 2 heterocycles. The van der Waals surface area contributed by atoms with Crippen molar-refractivity contribution in [2.75, 3.05) is 0 Å². The van der Waals surface area contributed by atoms with Gasteiger partial charge < -0.3 is 8.98 Å². The summed E-state index contributed by atoms with van der Waals surface area (Å²) in [6.45, 7) is 0. The highest BCUT2D eigenvalue weighted by atomic mass is 16.3. The minimum absolute atomic E-state index is 0.517. The van der Waals surface area contributed by atoms with Crippen LogP contribution in [0.2, 0.25) is 0 Å². The number of nitrogens with zero attached hydrogens (tertiary/aromatic N) is 4. The molecule has 8 rings (SSSR count). The summed E-state index contributed by atoms with van der Waals surface area (Å²) in [7, 11) is 0. The summed E-state index contributed by atoms with van der Waals surface area (Å²) in [6, 6.07) is 46.2. The van der Waals surface area contributed by atoms with Gasteiger partial charge in [0.05, 0.1) is 45.5 Å². The fraction of sp³-hybridized carbons (Fsp3) is 0. The van der Waals surface area contributed by atoms with E-state index in [0.29, 0.717) is 27.9 Å². The van der Waals surface area contributed by atoms with E-state index in [1.54, 1.807) is 6.07 Å². The van der Waals surface area contributed by atoms with Crippen molar-refractivity contribution in [1.82, 2.24) is 4.57 Å². The van der Waals surface area contributed by atoms with E-state index in [0.717, 1.165) is 60.5 Å². The van der Waals surface area contributed by atoms with Gasteiger partial charge in [0.15, 0.2) is 0 Å². The monoisotopic (exact) mass is 560 g/mol. The van der Waals surface area contributed by atoms with E-state index in [1.807, 2.05) is 91.0 Å². The molecule has 0 saturated heterocycles. The van der Waals surface area contributed by atoms with Crippen LogP contribution < -0.4 is 0 Å². The molecule has 5 nitrogen and oxygen atoms in total.